The molecule has 6 heteroatoms. The van der Waals surface area contributed by atoms with Crippen LogP contribution in [-0.2, 0) is 9.09 Å². The first-order valence-electron chi connectivity index (χ1n) is 14.2. The Morgan fingerprint density at radius 1 is 0.821 bits per heavy atom. The number of benzene rings is 3. The minimum Gasteiger partial charge on any atom is -0.378 e. The summed E-state index contributed by atoms with van der Waals surface area (Å²) in [6, 6.07) is 26.5. The lowest BCUT2D eigenvalue weighted by molar-refractivity contribution is 0.0489. The van der Waals surface area contributed by atoms with Gasteiger partial charge in [-0.1, -0.05) is 57.5 Å². The maximum atomic E-state index is 15.7. The minimum atomic E-state index is -3.47. The van der Waals surface area contributed by atoms with Crippen LogP contribution < -0.4 is 20.4 Å². The van der Waals surface area contributed by atoms with E-state index in [1.165, 1.54) is 6.42 Å². The summed E-state index contributed by atoms with van der Waals surface area (Å²) in [4.78, 5) is 4.14. The van der Waals surface area contributed by atoms with E-state index in [1.807, 2.05) is 82.8 Å². The lowest BCUT2D eigenvalue weighted by atomic mass is 9.75. The van der Waals surface area contributed by atoms with E-state index in [0.29, 0.717) is 17.8 Å². The second-order valence-electron chi connectivity index (χ2n) is 11.9. The molecule has 3 aromatic rings. The van der Waals surface area contributed by atoms with Crippen molar-refractivity contribution in [2.24, 2.45) is 17.8 Å². The Labute approximate surface area is 236 Å². The van der Waals surface area contributed by atoms with Gasteiger partial charge in [0.25, 0.3) is 7.37 Å². The van der Waals surface area contributed by atoms with E-state index in [1.54, 1.807) is 0 Å². The number of nitrogens with one attached hydrogen (secondary N) is 1. The molecule has 1 saturated carbocycles. The topological polar surface area (TPSA) is 44.8 Å². The summed E-state index contributed by atoms with van der Waals surface area (Å²) in [5.74, 6) is 0.858. The highest BCUT2D eigenvalue weighted by Gasteiger charge is 2.43. The van der Waals surface area contributed by atoms with Crippen LogP contribution in [0.3, 0.4) is 0 Å². The van der Waals surface area contributed by atoms with E-state index in [2.05, 4.69) is 60.2 Å². The van der Waals surface area contributed by atoms with Gasteiger partial charge in [-0.3, -0.25) is 4.57 Å². The quantitative estimate of drug-likeness (QED) is 0.261. The summed E-state index contributed by atoms with van der Waals surface area (Å²) in [5.41, 5.74) is 4.04. The second-order valence-corrected chi connectivity index (χ2v) is 14.3. The second kappa shape index (κ2) is 12.6. The van der Waals surface area contributed by atoms with Gasteiger partial charge in [-0.2, -0.15) is 0 Å². The van der Waals surface area contributed by atoms with Crippen molar-refractivity contribution in [3.63, 3.8) is 0 Å². The summed E-state index contributed by atoms with van der Waals surface area (Å²) in [7, 11) is 4.64. The molecule has 1 aliphatic carbocycles. The largest absolute Gasteiger partial charge is 0.378 e. The molecule has 5 atom stereocenters. The monoisotopic (exact) mass is 547 g/mol. The minimum absolute atomic E-state index is 0.0609. The molecule has 0 radical (unpaired) electrons. The molecule has 5 nitrogen and oxygen atoms in total. The van der Waals surface area contributed by atoms with Gasteiger partial charge >= 0.3 is 0 Å². The van der Waals surface area contributed by atoms with Crippen LogP contribution >= 0.6 is 7.37 Å². The summed E-state index contributed by atoms with van der Waals surface area (Å²) >= 11 is 0. The molecule has 0 unspecified atom stereocenters. The Balaban J connectivity index is 1.85. The van der Waals surface area contributed by atoms with Crippen LogP contribution in [0.4, 0.5) is 17.1 Å². The summed E-state index contributed by atoms with van der Waals surface area (Å²) < 4.78 is 22.7. The van der Waals surface area contributed by atoms with Crippen LogP contribution in [0.2, 0.25) is 0 Å². The molecule has 0 aliphatic heterocycles. The van der Waals surface area contributed by atoms with Gasteiger partial charge in [0, 0.05) is 50.6 Å². The lowest BCUT2D eigenvalue weighted by Crippen LogP contribution is -2.35. The van der Waals surface area contributed by atoms with Crippen LogP contribution in [0.15, 0.2) is 78.9 Å². The number of anilines is 3. The van der Waals surface area contributed by atoms with Gasteiger partial charge in [-0.05, 0) is 84.7 Å². The number of hydrogen-bond donors (Lipinski definition) is 1. The maximum Gasteiger partial charge on any atom is 0.258 e. The SMILES string of the molecule is CC(C)[C@H]1CC[C@@H](C)C[C@H]1O[P@](=O)(c1ccc(N(C)C)cc1)[C@H](Nc1ccccc1)c1ccc(N(C)C)cc1. The van der Waals surface area contributed by atoms with Crippen molar-refractivity contribution in [2.75, 3.05) is 43.3 Å². The molecule has 3 aromatic carbocycles. The Bertz CT molecular complexity index is 1230. The average Bonchev–Trinajstić information content (AvgIpc) is 2.92. The third kappa shape index (κ3) is 6.88. The first-order chi connectivity index (χ1) is 18.6. The zero-order chi connectivity index (χ0) is 28.2. The van der Waals surface area contributed by atoms with Gasteiger partial charge in [0.05, 0.1) is 6.10 Å². The molecule has 1 fully saturated rings. The number of para-hydroxylation sites is 1. The van der Waals surface area contributed by atoms with Gasteiger partial charge in [0.2, 0.25) is 0 Å². The third-order valence-electron chi connectivity index (χ3n) is 8.12. The van der Waals surface area contributed by atoms with E-state index in [0.717, 1.165) is 40.8 Å². The van der Waals surface area contributed by atoms with Crippen molar-refractivity contribution in [1.82, 2.24) is 0 Å². The normalized spacial score (nSPS) is 21.7. The van der Waals surface area contributed by atoms with Gasteiger partial charge in [0.1, 0.15) is 5.78 Å². The van der Waals surface area contributed by atoms with E-state index in [9.17, 15) is 0 Å². The van der Waals surface area contributed by atoms with Crippen LogP contribution in [0.5, 0.6) is 0 Å². The highest BCUT2D eigenvalue weighted by atomic mass is 31.2. The zero-order valence-electron chi connectivity index (χ0n) is 24.7. The molecule has 0 heterocycles. The third-order valence-corrected chi connectivity index (χ3v) is 10.8. The van der Waals surface area contributed by atoms with Crippen molar-refractivity contribution in [3.8, 4) is 0 Å². The fourth-order valence-electron chi connectivity index (χ4n) is 5.68. The van der Waals surface area contributed by atoms with Gasteiger partial charge in [0.15, 0.2) is 0 Å². The maximum absolute atomic E-state index is 15.7. The summed E-state index contributed by atoms with van der Waals surface area (Å²) in [6.07, 6.45) is 3.18. The molecule has 0 aromatic heterocycles. The number of nitrogens with zero attached hydrogens (tertiary/aromatic N) is 2. The molecule has 0 saturated heterocycles. The van der Waals surface area contributed by atoms with Crippen molar-refractivity contribution in [3.05, 3.63) is 84.4 Å². The van der Waals surface area contributed by atoms with Gasteiger partial charge in [-0.15, -0.1) is 0 Å². The van der Waals surface area contributed by atoms with Crippen LogP contribution in [0.1, 0.15) is 51.4 Å². The summed E-state index contributed by atoms with van der Waals surface area (Å²) in [5, 5.41) is 4.40. The van der Waals surface area contributed by atoms with Crippen LogP contribution in [0, 0.1) is 17.8 Å². The molecule has 0 bridgehead atoms. The lowest BCUT2D eigenvalue weighted by Gasteiger charge is -2.41. The molecular weight excluding hydrogens is 501 g/mol. The van der Waals surface area contributed by atoms with E-state index < -0.39 is 13.2 Å². The summed E-state index contributed by atoms with van der Waals surface area (Å²) in [6.45, 7) is 6.84. The van der Waals surface area contributed by atoms with Crippen molar-refractivity contribution >= 4 is 29.7 Å². The smallest absolute Gasteiger partial charge is 0.258 e. The fourth-order valence-corrected chi connectivity index (χ4v) is 8.31. The van der Waals surface area contributed by atoms with E-state index in [4.69, 9.17) is 4.52 Å². The van der Waals surface area contributed by atoms with E-state index >= 15 is 4.57 Å². The Hall–Kier alpha value is -2.75. The fraction of sp³-hybridized carbons (Fsp3) is 0.455. The molecule has 210 valence electrons. The highest BCUT2D eigenvalue weighted by Crippen LogP contribution is 2.61. The average molecular weight is 548 g/mol. The standard InChI is InChI=1S/C33H46N3O2P/c1-24(2)31-22-13-25(3)23-32(31)38-39(37,30-20-18-29(19-21-30)36(6)7)33(34-27-11-9-8-10-12-27)26-14-16-28(17-15-26)35(4)5/h8-12,14-21,24-25,31-34H,13,22-23H2,1-7H3/t25-,31-,32-,33+,39-/m1/s1. The predicted octanol–water partition coefficient (Wildman–Crippen LogP) is 8.01. The van der Waals surface area contributed by atoms with Crippen LogP contribution in [0.25, 0.3) is 0 Å². The van der Waals surface area contributed by atoms with Crippen LogP contribution in [-0.4, -0.2) is 34.3 Å². The molecular formula is C33H46N3O2P. The molecule has 4 rings (SSSR count). The number of hydrogen-bond acceptors (Lipinski definition) is 5. The van der Waals surface area contributed by atoms with Crippen molar-refractivity contribution in [2.45, 2.75) is 51.9 Å². The Morgan fingerprint density at radius 3 is 1.92 bits per heavy atom. The van der Waals surface area contributed by atoms with Crippen molar-refractivity contribution in [1.29, 1.82) is 0 Å². The van der Waals surface area contributed by atoms with E-state index in [-0.39, 0.29) is 6.10 Å². The zero-order valence-corrected chi connectivity index (χ0v) is 25.6. The highest BCUT2D eigenvalue weighted by molar-refractivity contribution is 7.67. The van der Waals surface area contributed by atoms with Crippen molar-refractivity contribution < 1.29 is 9.09 Å². The van der Waals surface area contributed by atoms with Gasteiger partial charge < -0.3 is 19.6 Å². The first-order valence-corrected chi connectivity index (χ1v) is 15.9. The Kier molecular flexibility index (Phi) is 9.46. The number of rotatable bonds is 10. The predicted molar refractivity (Wildman–Crippen MR) is 168 cm³/mol. The molecule has 0 spiro atoms. The Morgan fingerprint density at radius 2 is 1.38 bits per heavy atom. The van der Waals surface area contributed by atoms with Gasteiger partial charge in [-0.25, -0.2) is 0 Å². The first kappa shape index (κ1) is 29.2. The molecule has 1 N–H and O–H groups in total. The molecule has 39 heavy (non-hydrogen) atoms. The molecule has 0 amide bonds. The molecule has 1 aliphatic rings.